The molecule has 0 fully saturated rings. The first kappa shape index (κ1) is 10.0. The van der Waals surface area contributed by atoms with Crippen molar-refractivity contribution in [3.63, 3.8) is 0 Å². The van der Waals surface area contributed by atoms with Crippen molar-refractivity contribution >= 4 is 11.2 Å². The number of aryl methyl sites for hydroxylation is 2. The van der Waals surface area contributed by atoms with E-state index in [9.17, 15) is 0 Å². The fraction of sp³-hybridized carbons (Fsp3) is 0.143. The Morgan fingerprint density at radius 2 is 1.76 bits per heavy atom. The summed E-state index contributed by atoms with van der Waals surface area (Å²) in [5, 5.41) is 0. The molecule has 0 amide bonds. The number of hydrogen-bond donors (Lipinski definition) is 0. The van der Waals surface area contributed by atoms with Crippen molar-refractivity contribution in [2.75, 3.05) is 0 Å². The Hall–Kier alpha value is -2.16. The molecule has 2 aromatic heterocycles. The first-order valence-corrected chi connectivity index (χ1v) is 5.54. The average molecular weight is 224 g/mol. The van der Waals surface area contributed by atoms with Crippen molar-refractivity contribution in [2.24, 2.45) is 0 Å². The van der Waals surface area contributed by atoms with Gasteiger partial charge in [0.1, 0.15) is 0 Å². The van der Waals surface area contributed by atoms with Crippen LogP contribution < -0.4 is 0 Å². The van der Waals surface area contributed by atoms with E-state index in [2.05, 4.69) is 29.0 Å². The molecule has 0 bridgehead atoms. The summed E-state index contributed by atoms with van der Waals surface area (Å²) in [7, 11) is 0. The van der Waals surface area contributed by atoms with Crippen LogP contribution in [0.3, 0.4) is 0 Å². The Kier molecular flexibility index (Phi) is 2.18. The molecule has 0 atom stereocenters. The summed E-state index contributed by atoms with van der Waals surface area (Å²) < 4.78 is 5.42. The molecule has 3 heteroatoms. The van der Waals surface area contributed by atoms with E-state index in [-0.39, 0.29) is 0 Å². The third-order valence-corrected chi connectivity index (χ3v) is 2.78. The number of oxazole rings is 1. The first-order chi connectivity index (χ1) is 8.24. The van der Waals surface area contributed by atoms with Gasteiger partial charge in [0, 0.05) is 12.5 Å². The summed E-state index contributed by atoms with van der Waals surface area (Å²) >= 11 is 0. The van der Waals surface area contributed by atoms with Crippen LogP contribution in [-0.2, 0) is 0 Å². The Balaban J connectivity index is 2.21. The molecule has 1 aromatic carbocycles. The predicted molar refractivity (Wildman–Crippen MR) is 66.7 cm³/mol. The third-order valence-electron chi connectivity index (χ3n) is 2.78. The number of benzene rings is 1. The van der Waals surface area contributed by atoms with Crippen LogP contribution in [-0.4, -0.2) is 9.97 Å². The quantitative estimate of drug-likeness (QED) is 0.635. The van der Waals surface area contributed by atoms with Crippen LogP contribution in [0.4, 0.5) is 0 Å². The van der Waals surface area contributed by atoms with Crippen LogP contribution in [0.1, 0.15) is 11.5 Å². The number of rotatable bonds is 1. The molecule has 0 N–H and O–H groups in total. The summed E-state index contributed by atoms with van der Waals surface area (Å²) in [6, 6.07) is 12.1. The van der Waals surface area contributed by atoms with Crippen molar-refractivity contribution in [1.82, 2.24) is 9.97 Å². The minimum Gasteiger partial charge on any atom is -0.439 e. The van der Waals surface area contributed by atoms with Crippen LogP contribution in [0.15, 0.2) is 40.8 Å². The molecule has 0 unspecified atom stereocenters. The monoisotopic (exact) mass is 224 g/mol. The van der Waals surface area contributed by atoms with E-state index < -0.39 is 0 Å². The van der Waals surface area contributed by atoms with Gasteiger partial charge in [0.25, 0.3) is 0 Å². The van der Waals surface area contributed by atoms with E-state index >= 15 is 0 Å². The molecule has 0 saturated heterocycles. The highest BCUT2D eigenvalue weighted by atomic mass is 16.3. The van der Waals surface area contributed by atoms with Gasteiger partial charge >= 0.3 is 0 Å². The number of pyridine rings is 1. The summed E-state index contributed by atoms with van der Waals surface area (Å²) in [4.78, 5) is 8.77. The Morgan fingerprint density at radius 3 is 2.59 bits per heavy atom. The van der Waals surface area contributed by atoms with Gasteiger partial charge in [-0.3, -0.25) is 0 Å². The van der Waals surface area contributed by atoms with Gasteiger partial charge in [0.2, 0.25) is 0 Å². The van der Waals surface area contributed by atoms with Gasteiger partial charge in [0.05, 0.1) is 5.69 Å². The maximum Gasteiger partial charge on any atom is 0.199 e. The molecule has 3 aromatic rings. The Bertz CT molecular complexity index is 686. The molecule has 2 heterocycles. The van der Waals surface area contributed by atoms with Crippen molar-refractivity contribution in [3.05, 3.63) is 47.9 Å². The SMILES string of the molecule is Cc1nc2nc(-c3ccccc3C)ccc2o1. The highest BCUT2D eigenvalue weighted by Gasteiger charge is 2.07. The fourth-order valence-corrected chi connectivity index (χ4v) is 1.94. The van der Waals surface area contributed by atoms with Gasteiger partial charge in [-0.1, -0.05) is 24.3 Å². The third kappa shape index (κ3) is 1.69. The molecule has 0 aliphatic carbocycles. The molecule has 0 saturated carbocycles. The van der Waals surface area contributed by atoms with E-state index in [0.29, 0.717) is 11.5 Å². The molecule has 0 spiro atoms. The lowest BCUT2D eigenvalue weighted by atomic mass is 10.1. The molecule has 0 aliphatic rings. The second-order valence-electron chi connectivity index (χ2n) is 4.07. The van der Waals surface area contributed by atoms with Gasteiger partial charge in [0.15, 0.2) is 17.1 Å². The van der Waals surface area contributed by atoms with Crippen molar-refractivity contribution < 1.29 is 4.42 Å². The first-order valence-electron chi connectivity index (χ1n) is 5.54. The van der Waals surface area contributed by atoms with E-state index in [4.69, 9.17) is 4.42 Å². The van der Waals surface area contributed by atoms with E-state index in [1.165, 1.54) is 5.56 Å². The Labute approximate surface area is 99.1 Å². The van der Waals surface area contributed by atoms with Gasteiger partial charge in [-0.05, 0) is 24.6 Å². The van der Waals surface area contributed by atoms with Crippen LogP contribution in [0.25, 0.3) is 22.5 Å². The molecule has 3 nitrogen and oxygen atoms in total. The second kappa shape index (κ2) is 3.70. The minimum absolute atomic E-state index is 0.648. The fourth-order valence-electron chi connectivity index (χ4n) is 1.94. The summed E-state index contributed by atoms with van der Waals surface area (Å²) in [5.41, 5.74) is 4.68. The van der Waals surface area contributed by atoms with E-state index in [0.717, 1.165) is 16.8 Å². The topological polar surface area (TPSA) is 38.9 Å². The van der Waals surface area contributed by atoms with Crippen molar-refractivity contribution in [1.29, 1.82) is 0 Å². The van der Waals surface area contributed by atoms with E-state index in [1.807, 2.05) is 31.2 Å². The maximum atomic E-state index is 5.42. The molecular formula is C14H12N2O. The smallest absolute Gasteiger partial charge is 0.199 e. The normalized spacial score (nSPS) is 10.9. The summed E-state index contributed by atoms with van der Waals surface area (Å²) in [6.45, 7) is 3.91. The van der Waals surface area contributed by atoms with Crippen molar-refractivity contribution in [3.8, 4) is 11.3 Å². The number of fused-ring (bicyclic) bond motifs is 1. The van der Waals surface area contributed by atoms with Crippen LogP contribution in [0.2, 0.25) is 0 Å². The summed E-state index contributed by atoms with van der Waals surface area (Å²) in [5.74, 6) is 0.648. The average Bonchev–Trinajstić information content (AvgIpc) is 2.68. The van der Waals surface area contributed by atoms with Crippen LogP contribution in [0.5, 0.6) is 0 Å². The molecular weight excluding hydrogens is 212 g/mol. The zero-order chi connectivity index (χ0) is 11.8. The standard InChI is InChI=1S/C14H12N2O/c1-9-5-3-4-6-11(9)12-7-8-13-14(16-12)15-10(2)17-13/h3-8H,1-2H3. The van der Waals surface area contributed by atoms with E-state index in [1.54, 1.807) is 0 Å². The highest BCUT2D eigenvalue weighted by Crippen LogP contribution is 2.23. The van der Waals surface area contributed by atoms with Gasteiger partial charge in [-0.15, -0.1) is 0 Å². The zero-order valence-electron chi connectivity index (χ0n) is 9.77. The number of hydrogen-bond acceptors (Lipinski definition) is 3. The van der Waals surface area contributed by atoms with Crippen LogP contribution >= 0.6 is 0 Å². The minimum atomic E-state index is 0.648. The van der Waals surface area contributed by atoms with Crippen LogP contribution in [0, 0.1) is 13.8 Å². The van der Waals surface area contributed by atoms with Gasteiger partial charge in [-0.2, -0.15) is 4.98 Å². The largest absolute Gasteiger partial charge is 0.439 e. The van der Waals surface area contributed by atoms with Gasteiger partial charge in [-0.25, -0.2) is 4.98 Å². The number of nitrogens with zero attached hydrogens (tertiary/aromatic N) is 2. The molecule has 0 aliphatic heterocycles. The molecule has 84 valence electrons. The molecule has 3 rings (SSSR count). The molecule has 0 radical (unpaired) electrons. The van der Waals surface area contributed by atoms with Gasteiger partial charge < -0.3 is 4.42 Å². The lowest BCUT2D eigenvalue weighted by Crippen LogP contribution is -1.87. The zero-order valence-corrected chi connectivity index (χ0v) is 9.77. The predicted octanol–water partition coefficient (Wildman–Crippen LogP) is 3.51. The molecule has 17 heavy (non-hydrogen) atoms. The second-order valence-corrected chi connectivity index (χ2v) is 4.07. The number of aromatic nitrogens is 2. The highest BCUT2D eigenvalue weighted by molar-refractivity contribution is 5.74. The maximum absolute atomic E-state index is 5.42. The van der Waals surface area contributed by atoms with Crippen molar-refractivity contribution in [2.45, 2.75) is 13.8 Å². The summed E-state index contributed by atoms with van der Waals surface area (Å²) in [6.07, 6.45) is 0. The Morgan fingerprint density at radius 1 is 0.941 bits per heavy atom. The lowest BCUT2D eigenvalue weighted by molar-refractivity contribution is 0.561. The lowest BCUT2D eigenvalue weighted by Gasteiger charge is -2.03.